The molecule has 20 heavy (non-hydrogen) atoms. The van der Waals surface area contributed by atoms with Crippen LogP contribution in [0.15, 0.2) is 45.3 Å². The third-order valence-electron chi connectivity index (χ3n) is 2.82. The molecule has 6 heteroatoms. The molecule has 1 heterocycles. The van der Waals surface area contributed by atoms with Crippen molar-refractivity contribution < 1.29 is 0 Å². The Kier molecular flexibility index (Phi) is 5.23. The molecule has 0 spiro atoms. The molecule has 1 aromatic heterocycles. The van der Waals surface area contributed by atoms with Crippen LogP contribution >= 0.6 is 23.4 Å². The molecule has 0 amide bonds. The number of nitrogens with one attached hydrogen (secondary N) is 2. The van der Waals surface area contributed by atoms with Crippen molar-refractivity contribution in [3.63, 3.8) is 0 Å². The highest BCUT2D eigenvalue weighted by molar-refractivity contribution is 7.99. The van der Waals surface area contributed by atoms with Gasteiger partial charge in [-0.15, -0.1) is 0 Å². The van der Waals surface area contributed by atoms with Gasteiger partial charge in [0.25, 0.3) is 5.56 Å². The number of aromatic nitrogens is 2. The number of rotatable bonds is 5. The van der Waals surface area contributed by atoms with E-state index in [1.165, 1.54) is 24.0 Å². The average molecular weight is 310 g/mol. The van der Waals surface area contributed by atoms with Gasteiger partial charge in [-0.1, -0.05) is 36.4 Å². The molecular weight excluding hydrogens is 294 g/mol. The van der Waals surface area contributed by atoms with Gasteiger partial charge >= 0.3 is 0 Å². The van der Waals surface area contributed by atoms with Gasteiger partial charge in [-0.25, -0.2) is 4.98 Å². The molecule has 1 unspecified atom stereocenters. The fourth-order valence-corrected chi connectivity index (χ4v) is 2.87. The standard InChI is InChI=1S/C14H16ClN3OS/c1-3-16-9(2)10-4-5-12(11(15)8-10)20-14-17-7-6-13(19)18-14/h4-9,16H,3H2,1-2H3,(H,17,18,19). The molecule has 0 saturated heterocycles. The maximum Gasteiger partial charge on any atom is 0.251 e. The van der Waals surface area contributed by atoms with Crippen LogP contribution in [-0.4, -0.2) is 16.5 Å². The average Bonchev–Trinajstić information content (AvgIpc) is 2.41. The van der Waals surface area contributed by atoms with Crippen molar-refractivity contribution >= 4 is 23.4 Å². The van der Waals surface area contributed by atoms with E-state index in [1.807, 2.05) is 18.2 Å². The Morgan fingerprint density at radius 2 is 2.25 bits per heavy atom. The number of benzene rings is 1. The highest BCUT2D eigenvalue weighted by Crippen LogP contribution is 2.32. The molecule has 2 N–H and O–H groups in total. The van der Waals surface area contributed by atoms with Crippen LogP contribution in [0.3, 0.4) is 0 Å². The van der Waals surface area contributed by atoms with Crippen LogP contribution in [0.25, 0.3) is 0 Å². The third kappa shape index (κ3) is 3.85. The Labute approximate surface area is 127 Å². The Balaban J connectivity index is 2.19. The lowest BCUT2D eigenvalue weighted by Gasteiger charge is -2.14. The van der Waals surface area contributed by atoms with Gasteiger partial charge in [0.05, 0.1) is 5.02 Å². The van der Waals surface area contributed by atoms with E-state index in [2.05, 4.69) is 29.1 Å². The number of hydrogen-bond donors (Lipinski definition) is 2. The first-order valence-corrected chi connectivity index (χ1v) is 7.55. The summed E-state index contributed by atoms with van der Waals surface area (Å²) in [6, 6.07) is 7.56. The number of nitrogens with zero attached hydrogens (tertiary/aromatic N) is 1. The topological polar surface area (TPSA) is 57.8 Å². The summed E-state index contributed by atoms with van der Waals surface area (Å²) in [5, 5.41) is 4.53. The maximum absolute atomic E-state index is 11.2. The molecule has 0 bridgehead atoms. The van der Waals surface area contributed by atoms with Gasteiger partial charge in [0.15, 0.2) is 5.16 Å². The molecule has 106 valence electrons. The van der Waals surface area contributed by atoms with Gasteiger partial charge in [0, 0.05) is 23.2 Å². The monoisotopic (exact) mass is 309 g/mol. The van der Waals surface area contributed by atoms with E-state index in [-0.39, 0.29) is 11.6 Å². The summed E-state index contributed by atoms with van der Waals surface area (Å²) in [5.74, 6) is 0. The first-order valence-electron chi connectivity index (χ1n) is 6.36. The van der Waals surface area contributed by atoms with Crippen LogP contribution in [0.5, 0.6) is 0 Å². The first kappa shape index (κ1) is 15.1. The van der Waals surface area contributed by atoms with Crippen molar-refractivity contribution in [2.45, 2.75) is 29.9 Å². The lowest BCUT2D eigenvalue weighted by atomic mass is 10.1. The second kappa shape index (κ2) is 6.92. The zero-order chi connectivity index (χ0) is 14.5. The van der Waals surface area contributed by atoms with Gasteiger partial charge in [0.1, 0.15) is 0 Å². The summed E-state index contributed by atoms with van der Waals surface area (Å²) in [4.78, 5) is 18.9. The lowest BCUT2D eigenvalue weighted by molar-refractivity contribution is 0.598. The van der Waals surface area contributed by atoms with Crippen molar-refractivity contribution in [2.75, 3.05) is 6.54 Å². The van der Waals surface area contributed by atoms with Crippen molar-refractivity contribution in [3.05, 3.63) is 51.4 Å². The Morgan fingerprint density at radius 3 is 2.90 bits per heavy atom. The van der Waals surface area contributed by atoms with Crippen LogP contribution in [-0.2, 0) is 0 Å². The van der Waals surface area contributed by atoms with Crippen molar-refractivity contribution in [2.24, 2.45) is 0 Å². The molecule has 2 aromatic rings. The largest absolute Gasteiger partial charge is 0.310 e. The smallest absolute Gasteiger partial charge is 0.251 e. The van der Waals surface area contributed by atoms with Crippen LogP contribution in [0.4, 0.5) is 0 Å². The first-order chi connectivity index (χ1) is 9.60. The summed E-state index contributed by atoms with van der Waals surface area (Å²) >= 11 is 7.64. The van der Waals surface area contributed by atoms with Gasteiger partial charge in [-0.3, -0.25) is 4.79 Å². The Bertz CT molecular complexity index is 644. The second-order valence-electron chi connectivity index (χ2n) is 4.31. The molecule has 0 aliphatic carbocycles. The normalized spacial score (nSPS) is 12.3. The molecule has 0 saturated carbocycles. The predicted octanol–water partition coefficient (Wildman–Crippen LogP) is 3.25. The zero-order valence-corrected chi connectivity index (χ0v) is 12.9. The number of H-pyrrole nitrogens is 1. The molecule has 0 fully saturated rings. The molecule has 1 aromatic carbocycles. The minimum absolute atomic E-state index is 0.170. The molecule has 4 nitrogen and oxygen atoms in total. The number of aromatic amines is 1. The van der Waals surface area contributed by atoms with Gasteiger partial charge in [-0.2, -0.15) is 0 Å². The lowest BCUT2D eigenvalue weighted by Crippen LogP contribution is -2.17. The zero-order valence-electron chi connectivity index (χ0n) is 11.3. The fraction of sp³-hybridized carbons (Fsp3) is 0.286. The van der Waals surface area contributed by atoms with Crippen molar-refractivity contribution in [1.82, 2.24) is 15.3 Å². The minimum Gasteiger partial charge on any atom is -0.310 e. The second-order valence-corrected chi connectivity index (χ2v) is 5.75. The van der Waals surface area contributed by atoms with E-state index >= 15 is 0 Å². The maximum atomic E-state index is 11.2. The summed E-state index contributed by atoms with van der Waals surface area (Å²) in [6.07, 6.45) is 1.48. The molecule has 2 rings (SSSR count). The third-order valence-corrected chi connectivity index (χ3v) is 4.22. The minimum atomic E-state index is -0.170. The summed E-state index contributed by atoms with van der Waals surface area (Å²) in [6.45, 7) is 5.07. The highest BCUT2D eigenvalue weighted by atomic mass is 35.5. The van der Waals surface area contributed by atoms with Crippen LogP contribution in [0, 0.1) is 0 Å². The molecule has 1 atom stereocenters. The van der Waals surface area contributed by atoms with Crippen molar-refractivity contribution in [3.8, 4) is 0 Å². The van der Waals surface area contributed by atoms with E-state index in [1.54, 1.807) is 0 Å². The van der Waals surface area contributed by atoms with E-state index in [4.69, 9.17) is 11.6 Å². The summed E-state index contributed by atoms with van der Waals surface area (Å²) < 4.78 is 0. The van der Waals surface area contributed by atoms with Gasteiger partial charge in [0.2, 0.25) is 0 Å². The molecule has 0 radical (unpaired) electrons. The Morgan fingerprint density at radius 1 is 1.45 bits per heavy atom. The van der Waals surface area contributed by atoms with Crippen LogP contribution in [0.1, 0.15) is 25.5 Å². The van der Waals surface area contributed by atoms with E-state index in [0.717, 1.165) is 17.0 Å². The van der Waals surface area contributed by atoms with Gasteiger partial charge in [-0.05, 0) is 31.2 Å². The highest BCUT2D eigenvalue weighted by Gasteiger charge is 2.09. The number of hydrogen-bond acceptors (Lipinski definition) is 4. The van der Waals surface area contributed by atoms with E-state index in [0.29, 0.717) is 10.2 Å². The van der Waals surface area contributed by atoms with Gasteiger partial charge < -0.3 is 10.3 Å². The summed E-state index contributed by atoms with van der Waals surface area (Å²) in [7, 11) is 0. The molecule has 0 aliphatic heterocycles. The van der Waals surface area contributed by atoms with Crippen LogP contribution in [0.2, 0.25) is 5.02 Å². The van der Waals surface area contributed by atoms with Crippen molar-refractivity contribution in [1.29, 1.82) is 0 Å². The quantitative estimate of drug-likeness (QED) is 0.833. The fourth-order valence-electron chi connectivity index (χ4n) is 1.80. The predicted molar refractivity (Wildman–Crippen MR) is 82.5 cm³/mol. The Hall–Kier alpha value is -1.30. The number of halogens is 1. The van der Waals surface area contributed by atoms with E-state index in [9.17, 15) is 4.79 Å². The van der Waals surface area contributed by atoms with Crippen LogP contribution < -0.4 is 10.9 Å². The summed E-state index contributed by atoms with van der Waals surface area (Å²) in [5.41, 5.74) is 0.965. The van der Waals surface area contributed by atoms with E-state index < -0.39 is 0 Å². The molecular formula is C14H16ClN3OS. The SMILES string of the molecule is CCNC(C)c1ccc(Sc2nccc(=O)[nH]2)c(Cl)c1. The molecule has 0 aliphatic rings.